The van der Waals surface area contributed by atoms with Gasteiger partial charge in [0.2, 0.25) is 0 Å². The summed E-state index contributed by atoms with van der Waals surface area (Å²) in [4.78, 5) is 0. The predicted molar refractivity (Wildman–Crippen MR) is 108 cm³/mol. The van der Waals surface area contributed by atoms with E-state index >= 15 is 0 Å². The van der Waals surface area contributed by atoms with Crippen molar-refractivity contribution in [3.8, 4) is 11.3 Å². The summed E-state index contributed by atoms with van der Waals surface area (Å²) in [6.45, 7) is 1.57. The van der Waals surface area contributed by atoms with Gasteiger partial charge >= 0.3 is 16.3 Å². The van der Waals surface area contributed by atoms with Gasteiger partial charge in [-0.3, -0.25) is 4.28 Å². The van der Waals surface area contributed by atoms with Crippen LogP contribution in [-0.4, -0.2) is 26.1 Å². The van der Waals surface area contributed by atoms with Gasteiger partial charge in [0.25, 0.3) is 0 Å². The molecule has 0 fully saturated rings. The SMILES string of the molecule is CCCS(=O)(=O)O/N=C(\c1cc(-c2ccccc2)oc1C1=CCCC=C1)C(F)(F)F. The Bertz CT molecular complexity index is 1080. The Morgan fingerprint density at radius 1 is 1.20 bits per heavy atom. The average Bonchev–Trinajstić information content (AvgIpc) is 3.13. The molecular formula is C21H20F3NO4S. The van der Waals surface area contributed by atoms with Crippen molar-refractivity contribution >= 4 is 21.4 Å². The minimum absolute atomic E-state index is 0.0441. The second-order valence-corrected chi connectivity index (χ2v) is 8.31. The summed E-state index contributed by atoms with van der Waals surface area (Å²) >= 11 is 0. The lowest BCUT2D eigenvalue weighted by Crippen LogP contribution is -2.25. The lowest BCUT2D eigenvalue weighted by atomic mass is 9.99. The average molecular weight is 439 g/mol. The smallest absolute Gasteiger partial charge is 0.437 e. The lowest BCUT2D eigenvalue weighted by molar-refractivity contribution is -0.0597. The standard InChI is InChI=1S/C21H20F3NO4S/c1-2-13-30(26,27)29-25-20(21(22,23)24)17-14-18(15-9-5-3-6-10-15)28-19(17)16-11-7-4-8-12-16/h3,5-7,9-12,14H,2,4,8,13H2,1H3/b25-20+. The highest BCUT2D eigenvalue weighted by Gasteiger charge is 2.41. The number of hydrogen-bond donors (Lipinski definition) is 0. The van der Waals surface area contributed by atoms with E-state index in [0.717, 1.165) is 6.42 Å². The minimum atomic E-state index is -4.97. The van der Waals surface area contributed by atoms with E-state index in [9.17, 15) is 21.6 Å². The van der Waals surface area contributed by atoms with E-state index in [-0.39, 0.29) is 23.5 Å². The van der Waals surface area contributed by atoms with Gasteiger partial charge in [0, 0.05) is 11.1 Å². The fourth-order valence-corrected chi connectivity index (χ4v) is 3.71. The summed E-state index contributed by atoms with van der Waals surface area (Å²) in [7, 11) is -4.22. The third kappa shape index (κ3) is 5.21. The topological polar surface area (TPSA) is 68.9 Å². The van der Waals surface area contributed by atoms with E-state index in [1.54, 1.807) is 49.4 Å². The zero-order valence-electron chi connectivity index (χ0n) is 16.1. The first-order valence-corrected chi connectivity index (χ1v) is 10.9. The van der Waals surface area contributed by atoms with Gasteiger partial charge in [-0.05, 0) is 25.3 Å². The molecule has 1 aromatic carbocycles. The van der Waals surface area contributed by atoms with Crippen LogP contribution in [0.1, 0.15) is 37.5 Å². The van der Waals surface area contributed by atoms with Gasteiger partial charge in [-0.15, -0.1) is 0 Å². The third-order valence-corrected chi connectivity index (χ3v) is 5.48. The molecule has 0 unspecified atom stereocenters. The maximum Gasteiger partial charge on any atom is 0.437 e. The Kier molecular flexibility index (Phi) is 6.50. The first-order chi connectivity index (χ1) is 14.2. The Morgan fingerprint density at radius 3 is 2.53 bits per heavy atom. The van der Waals surface area contributed by atoms with Crippen LogP contribution < -0.4 is 0 Å². The summed E-state index contributed by atoms with van der Waals surface area (Å²) in [5.41, 5.74) is -0.813. The van der Waals surface area contributed by atoms with Crippen molar-refractivity contribution in [3.05, 3.63) is 65.9 Å². The number of hydrogen-bond acceptors (Lipinski definition) is 5. The first-order valence-electron chi connectivity index (χ1n) is 9.34. The van der Waals surface area contributed by atoms with Gasteiger partial charge < -0.3 is 4.42 Å². The van der Waals surface area contributed by atoms with Crippen molar-refractivity contribution in [1.82, 2.24) is 0 Å². The number of allylic oxidation sites excluding steroid dienone is 4. The number of halogens is 3. The molecule has 30 heavy (non-hydrogen) atoms. The molecule has 0 amide bonds. The zero-order chi connectivity index (χ0) is 21.8. The van der Waals surface area contributed by atoms with Crippen LogP contribution in [0.25, 0.3) is 16.9 Å². The zero-order valence-corrected chi connectivity index (χ0v) is 17.0. The van der Waals surface area contributed by atoms with Crippen molar-refractivity contribution < 1.29 is 30.3 Å². The number of nitrogens with zero attached hydrogens (tertiary/aromatic N) is 1. The normalized spacial score (nSPS) is 15.2. The second-order valence-electron chi connectivity index (χ2n) is 6.63. The van der Waals surface area contributed by atoms with Gasteiger partial charge in [-0.1, -0.05) is 60.6 Å². The van der Waals surface area contributed by atoms with Crippen LogP contribution >= 0.6 is 0 Å². The quantitative estimate of drug-likeness (QED) is 0.410. The Balaban J connectivity index is 2.15. The monoisotopic (exact) mass is 439 g/mol. The number of benzene rings is 1. The largest absolute Gasteiger partial charge is 0.455 e. The molecule has 0 bridgehead atoms. The van der Waals surface area contributed by atoms with Gasteiger partial charge in [-0.25, -0.2) is 0 Å². The Morgan fingerprint density at radius 2 is 1.93 bits per heavy atom. The van der Waals surface area contributed by atoms with Crippen molar-refractivity contribution in [1.29, 1.82) is 0 Å². The molecule has 160 valence electrons. The van der Waals surface area contributed by atoms with E-state index in [1.807, 2.05) is 6.08 Å². The molecule has 0 saturated carbocycles. The van der Waals surface area contributed by atoms with Crippen LogP contribution in [0.3, 0.4) is 0 Å². The number of rotatable bonds is 7. The molecule has 0 saturated heterocycles. The highest BCUT2D eigenvalue weighted by atomic mass is 32.2. The van der Waals surface area contributed by atoms with Crippen LogP contribution in [0.5, 0.6) is 0 Å². The van der Waals surface area contributed by atoms with E-state index in [2.05, 4.69) is 9.44 Å². The lowest BCUT2D eigenvalue weighted by Gasteiger charge is -2.11. The molecule has 3 rings (SSSR count). The van der Waals surface area contributed by atoms with E-state index in [0.29, 0.717) is 17.6 Å². The predicted octanol–water partition coefficient (Wildman–Crippen LogP) is 5.70. The van der Waals surface area contributed by atoms with Gasteiger partial charge in [0.1, 0.15) is 11.5 Å². The van der Waals surface area contributed by atoms with Crippen molar-refractivity contribution in [2.75, 3.05) is 5.75 Å². The molecule has 9 heteroatoms. The highest BCUT2D eigenvalue weighted by Crippen LogP contribution is 2.36. The van der Waals surface area contributed by atoms with Crippen molar-refractivity contribution in [2.24, 2.45) is 5.16 Å². The maximum atomic E-state index is 13.8. The molecule has 0 aliphatic heterocycles. The van der Waals surface area contributed by atoms with Crippen molar-refractivity contribution in [2.45, 2.75) is 32.4 Å². The van der Waals surface area contributed by atoms with E-state index < -0.39 is 27.8 Å². The molecule has 1 aromatic heterocycles. The highest BCUT2D eigenvalue weighted by molar-refractivity contribution is 7.86. The van der Waals surface area contributed by atoms with Gasteiger partial charge in [-0.2, -0.15) is 21.6 Å². The Hall–Kier alpha value is -2.81. The second kappa shape index (κ2) is 8.91. The molecule has 0 spiro atoms. The fourth-order valence-electron chi connectivity index (χ4n) is 2.94. The number of oxime groups is 1. The van der Waals surface area contributed by atoms with Crippen LogP contribution in [0.2, 0.25) is 0 Å². The minimum Gasteiger partial charge on any atom is -0.455 e. The van der Waals surface area contributed by atoms with Crippen LogP contribution in [-0.2, 0) is 14.4 Å². The molecule has 2 aromatic rings. The number of alkyl halides is 3. The summed E-state index contributed by atoms with van der Waals surface area (Å²) in [6, 6.07) is 9.84. The summed E-state index contributed by atoms with van der Waals surface area (Å²) in [6.07, 6.45) is 1.90. The van der Waals surface area contributed by atoms with Gasteiger partial charge in [0.15, 0.2) is 5.71 Å². The molecular weight excluding hydrogens is 419 g/mol. The van der Waals surface area contributed by atoms with Crippen LogP contribution in [0.15, 0.2) is 64.2 Å². The van der Waals surface area contributed by atoms with E-state index in [1.165, 1.54) is 6.07 Å². The molecule has 0 N–H and O–H groups in total. The summed E-state index contributed by atoms with van der Waals surface area (Å²) < 4.78 is 75.2. The molecule has 1 aliphatic carbocycles. The maximum absolute atomic E-state index is 13.8. The van der Waals surface area contributed by atoms with Crippen LogP contribution in [0, 0.1) is 0 Å². The molecule has 0 radical (unpaired) electrons. The molecule has 1 heterocycles. The van der Waals surface area contributed by atoms with Gasteiger partial charge in [0.05, 0.1) is 11.3 Å². The van der Waals surface area contributed by atoms with Crippen LogP contribution in [0.4, 0.5) is 13.2 Å². The summed E-state index contributed by atoms with van der Waals surface area (Å²) in [5.74, 6) is -0.283. The molecule has 5 nitrogen and oxygen atoms in total. The Labute approximate surface area is 172 Å². The first kappa shape index (κ1) is 21.9. The third-order valence-electron chi connectivity index (χ3n) is 4.27. The van der Waals surface area contributed by atoms with E-state index in [4.69, 9.17) is 4.42 Å². The summed E-state index contributed by atoms with van der Waals surface area (Å²) in [5, 5.41) is 3.01. The van der Waals surface area contributed by atoms with Crippen molar-refractivity contribution in [3.63, 3.8) is 0 Å². The molecule has 1 aliphatic rings. The molecule has 0 atom stereocenters. The fraction of sp³-hybridized carbons (Fsp3) is 0.286. The number of furan rings is 1.